The van der Waals surface area contributed by atoms with Gasteiger partial charge in [-0.05, 0) is 48.7 Å². The Labute approximate surface area is 205 Å². The number of rotatable bonds is 7. The molecule has 0 atom stereocenters. The Kier molecular flexibility index (Phi) is 7.19. The van der Waals surface area contributed by atoms with Gasteiger partial charge in [0.2, 0.25) is 5.91 Å². The van der Waals surface area contributed by atoms with Gasteiger partial charge in [0, 0.05) is 11.8 Å². The number of benzene rings is 3. The lowest BCUT2D eigenvalue weighted by atomic mass is 10.0. The molecule has 0 aliphatic heterocycles. The summed E-state index contributed by atoms with van der Waals surface area (Å²) in [5, 5.41) is 9.23. The normalized spacial score (nSPS) is 10.8. The summed E-state index contributed by atoms with van der Waals surface area (Å²) >= 11 is 0. The Morgan fingerprint density at radius 3 is 2.39 bits per heavy atom. The lowest BCUT2D eigenvalue weighted by molar-refractivity contribution is -0.115. The number of anilines is 1. The Balaban J connectivity index is 1.54. The molecule has 184 valence electrons. The predicted octanol–water partition coefficient (Wildman–Crippen LogP) is 5.00. The van der Waals surface area contributed by atoms with Gasteiger partial charge < -0.3 is 10.6 Å². The summed E-state index contributed by atoms with van der Waals surface area (Å²) in [7, 11) is 0. The monoisotopic (exact) mass is 492 g/mol. The summed E-state index contributed by atoms with van der Waals surface area (Å²) < 4.78 is 42.0. The molecule has 4 rings (SSSR count). The third kappa shape index (κ3) is 5.46. The van der Waals surface area contributed by atoms with E-state index < -0.39 is 41.5 Å². The first kappa shape index (κ1) is 24.7. The number of carbonyl (C=O) groups is 2. The highest BCUT2D eigenvalue weighted by atomic mass is 19.2. The first-order valence-electron chi connectivity index (χ1n) is 11.1. The fourth-order valence-corrected chi connectivity index (χ4v) is 3.61. The zero-order valence-electron chi connectivity index (χ0n) is 19.6. The molecule has 0 spiro atoms. The zero-order valence-corrected chi connectivity index (χ0v) is 19.6. The quantitative estimate of drug-likeness (QED) is 0.357. The minimum atomic E-state index is -1.69. The van der Waals surface area contributed by atoms with Crippen LogP contribution in [0.25, 0.3) is 11.3 Å². The molecule has 3 aromatic carbocycles. The number of nitrogens with zero attached hydrogens (tertiary/aromatic N) is 2. The van der Waals surface area contributed by atoms with Crippen molar-refractivity contribution in [2.75, 3.05) is 11.9 Å². The number of aryl methyl sites for hydroxylation is 2. The number of aromatic nitrogens is 2. The van der Waals surface area contributed by atoms with Crippen LogP contribution in [0, 0.1) is 31.3 Å². The van der Waals surface area contributed by atoms with Gasteiger partial charge in [0.1, 0.15) is 5.69 Å². The van der Waals surface area contributed by atoms with Crippen LogP contribution in [0.5, 0.6) is 0 Å². The summed E-state index contributed by atoms with van der Waals surface area (Å²) in [5.41, 5.74) is 4.02. The second-order valence-electron chi connectivity index (χ2n) is 8.33. The van der Waals surface area contributed by atoms with Gasteiger partial charge in [0.25, 0.3) is 5.91 Å². The Hall–Kier alpha value is -4.40. The molecule has 1 aromatic heterocycles. The molecule has 9 heteroatoms. The molecule has 0 radical (unpaired) electrons. The molecule has 6 nitrogen and oxygen atoms in total. The second-order valence-corrected chi connectivity index (χ2v) is 8.33. The number of carbonyl (C=O) groups excluding carboxylic acids is 2. The van der Waals surface area contributed by atoms with E-state index in [0.717, 1.165) is 28.3 Å². The van der Waals surface area contributed by atoms with E-state index in [1.165, 1.54) is 0 Å². The van der Waals surface area contributed by atoms with Gasteiger partial charge in [0.15, 0.2) is 17.5 Å². The Bertz CT molecular complexity index is 1430. The second kappa shape index (κ2) is 10.5. The highest BCUT2D eigenvalue weighted by Crippen LogP contribution is 2.25. The molecule has 2 N–H and O–H groups in total. The van der Waals surface area contributed by atoms with E-state index in [0.29, 0.717) is 18.3 Å². The van der Waals surface area contributed by atoms with Crippen molar-refractivity contribution in [3.05, 3.63) is 107 Å². The minimum Gasteiger partial charge on any atom is -0.343 e. The molecule has 0 saturated carbocycles. The molecule has 0 aliphatic rings. The van der Waals surface area contributed by atoms with Crippen LogP contribution in [0.1, 0.15) is 27.0 Å². The fraction of sp³-hybridized carbons (Fsp3) is 0.148. The number of hydrogen-bond donors (Lipinski definition) is 2. The van der Waals surface area contributed by atoms with E-state index >= 15 is 0 Å². The van der Waals surface area contributed by atoms with Crippen molar-refractivity contribution in [3.63, 3.8) is 0 Å². The van der Waals surface area contributed by atoms with Crippen molar-refractivity contribution in [3.8, 4) is 11.3 Å². The van der Waals surface area contributed by atoms with E-state index in [1.54, 1.807) is 10.9 Å². The lowest BCUT2D eigenvalue weighted by Gasteiger charge is -2.09. The largest absolute Gasteiger partial charge is 0.343 e. The molecular formula is C27H23F3N4O2. The fourth-order valence-electron chi connectivity index (χ4n) is 3.61. The lowest BCUT2D eigenvalue weighted by Crippen LogP contribution is -2.33. The summed E-state index contributed by atoms with van der Waals surface area (Å²) in [5.74, 6) is -5.96. The highest BCUT2D eigenvalue weighted by molar-refractivity contribution is 6.02. The molecule has 36 heavy (non-hydrogen) atoms. The van der Waals surface area contributed by atoms with Crippen molar-refractivity contribution < 1.29 is 22.8 Å². The van der Waals surface area contributed by atoms with Crippen LogP contribution in [0.2, 0.25) is 0 Å². The Morgan fingerprint density at radius 2 is 1.67 bits per heavy atom. The van der Waals surface area contributed by atoms with E-state index in [4.69, 9.17) is 0 Å². The van der Waals surface area contributed by atoms with Crippen molar-refractivity contribution in [2.45, 2.75) is 20.4 Å². The molecular weight excluding hydrogens is 469 g/mol. The first-order chi connectivity index (χ1) is 17.2. The van der Waals surface area contributed by atoms with Gasteiger partial charge in [-0.2, -0.15) is 5.10 Å². The van der Waals surface area contributed by atoms with Crippen molar-refractivity contribution in [1.29, 1.82) is 0 Å². The summed E-state index contributed by atoms with van der Waals surface area (Å²) in [4.78, 5) is 25.3. The van der Waals surface area contributed by atoms with Crippen molar-refractivity contribution >= 4 is 17.5 Å². The van der Waals surface area contributed by atoms with E-state index in [1.807, 2.05) is 62.4 Å². The standard InChI is InChI=1S/C27H23F3N4O2/c1-16-8-9-19(12-17(16)2)26-20(15-34(33-26)14-18-6-4-3-5-7-18)27(36)31-13-23(35)32-22-11-10-21(28)24(29)25(22)30/h3-12,15H,13-14H2,1-2H3,(H,31,36)(H,32,35). The van der Waals surface area contributed by atoms with Crippen LogP contribution >= 0.6 is 0 Å². The maximum absolute atomic E-state index is 13.8. The smallest absolute Gasteiger partial charge is 0.255 e. The third-order valence-electron chi connectivity index (χ3n) is 5.69. The number of amides is 2. The summed E-state index contributed by atoms with van der Waals surface area (Å²) in [6.45, 7) is 3.85. The molecule has 1 heterocycles. The van der Waals surface area contributed by atoms with E-state index in [9.17, 15) is 22.8 Å². The highest BCUT2D eigenvalue weighted by Gasteiger charge is 2.20. The van der Waals surface area contributed by atoms with E-state index in [-0.39, 0.29) is 5.56 Å². The SMILES string of the molecule is Cc1ccc(-c2nn(Cc3ccccc3)cc2C(=O)NCC(=O)Nc2ccc(F)c(F)c2F)cc1C. The first-order valence-corrected chi connectivity index (χ1v) is 11.1. The average molecular weight is 493 g/mol. The van der Waals surface area contributed by atoms with Gasteiger partial charge in [-0.25, -0.2) is 13.2 Å². The number of nitrogens with one attached hydrogen (secondary N) is 2. The molecule has 0 aliphatic carbocycles. The minimum absolute atomic E-state index is 0.251. The van der Waals surface area contributed by atoms with Crippen molar-refractivity contribution in [2.24, 2.45) is 0 Å². The van der Waals surface area contributed by atoms with Gasteiger partial charge in [-0.3, -0.25) is 14.3 Å². The Morgan fingerprint density at radius 1 is 0.917 bits per heavy atom. The van der Waals surface area contributed by atoms with Crippen LogP contribution in [0.4, 0.5) is 18.9 Å². The number of halogens is 3. The summed E-state index contributed by atoms with van der Waals surface area (Å²) in [6, 6.07) is 16.9. The van der Waals surface area contributed by atoms with Gasteiger partial charge in [0.05, 0.1) is 24.3 Å². The van der Waals surface area contributed by atoms with Crippen LogP contribution in [0.15, 0.2) is 66.9 Å². The predicted molar refractivity (Wildman–Crippen MR) is 130 cm³/mol. The summed E-state index contributed by atoms with van der Waals surface area (Å²) in [6.07, 6.45) is 1.60. The molecule has 4 aromatic rings. The van der Waals surface area contributed by atoms with Crippen LogP contribution in [0.3, 0.4) is 0 Å². The van der Waals surface area contributed by atoms with Gasteiger partial charge in [-0.1, -0.05) is 42.5 Å². The average Bonchev–Trinajstić information content (AvgIpc) is 3.29. The van der Waals surface area contributed by atoms with Crippen LogP contribution < -0.4 is 10.6 Å². The maximum atomic E-state index is 13.8. The topological polar surface area (TPSA) is 76.0 Å². The number of hydrogen-bond acceptors (Lipinski definition) is 3. The maximum Gasteiger partial charge on any atom is 0.255 e. The van der Waals surface area contributed by atoms with E-state index in [2.05, 4.69) is 15.7 Å². The van der Waals surface area contributed by atoms with Crippen LogP contribution in [-0.2, 0) is 11.3 Å². The van der Waals surface area contributed by atoms with Gasteiger partial charge in [-0.15, -0.1) is 0 Å². The van der Waals surface area contributed by atoms with Gasteiger partial charge >= 0.3 is 0 Å². The van der Waals surface area contributed by atoms with Crippen molar-refractivity contribution in [1.82, 2.24) is 15.1 Å². The zero-order chi connectivity index (χ0) is 25.8. The third-order valence-corrected chi connectivity index (χ3v) is 5.69. The molecule has 0 fully saturated rings. The molecule has 2 amide bonds. The molecule has 0 saturated heterocycles. The molecule has 0 bridgehead atoms. The van der Waals surface area contributed by atoms with Crippen LogP contribution in [-0.4, -0.2) is 28.1 Å². The molecule has 0 unspecified atom stereocenters.